The Morgan fingerprint density at radius 1 is 1.13 bits per heavy atom. The number of para-hydroxylation sites is 1. The third kappa shape index (κ3) is 4.82. The molecule has 9 nitrogen and oxygen atoms in total. The van der Waals surface area contributed by atoms with Crippen molar-refractivity contribution in [3.8, 4) is 17.0 Å². The Morgan fingerprint density at radius 3 is 2.61 bits per heavy atom. The van der Waals surface area contributed by atoms with Crippen molar-refractivity contribution in [3.05, 3.63) is 53.5 Å². The molecule has 0 unspecified atom stereocenters. The number of aromatic nitrogens is 3. The van der Waals surface area contributed by atoms with E-state index in [1.807, 2.05) is 0 Å². The van der Waals surface area contributed by atoms with Gasteiger partial charge in [0.1, 0.15) is 17.2 Å². The summed E-state index contributed by atoms with van der Waals surface area (Å²) in [7, 11) is 1.33. The van der Waals surface area contributed by atoms with E-state index in [1.54, 1.807) is 30.5 Å². The number of anilines is 1. The second-order valence-corrected chi connectivity index (χ2v) is 9.95. The molecule has 6 rings (SSSR count). The van der Waals surface area contributed by atoms with Crippen LogP contribution in [-0.4, -0.2) is 53.0 Å². The number of nitrogens with zero attached hydrogens (tertiary/aromatic N) is 4. The maximum absolute atomic E-state index is 13.0. The minimum absolute atomic E-state index is 0.00472. The van der Waals surface area contributed by atoms with Crippen LogP contribution in [0.15, 0.2) is 41.1 Å². The van der Waals surface area contributed by atoms with Crippen molar-refractivity contribution in [2.45, 2.75) is 75.8 Å². The van der Waals surface area contributed by atoms with E-state index < -0.39 is 12.6 Å². The average molecular weight is 527 g/mol. The molecule has 38 heavy (non-hydrogen) atoms. The molecule has 1 aromatic carbocycles. The average Bonchev–Trinajstić information content (AvgIpc) is 3.63. The first-order valence-corrected chi connectivity index (χ1v) is 12.9. The summed E-state index contributed by atoms with van der Waals surface area (Å²) >= 11 is 0. The highest BCUT2D eigenvalue weighted by Crippen LogP contribution is 2.46. The number of hydrogen-bond donors (Lipinski definition) is 0. The molecule has 0 N–H and O–H groups in total. The fourth-order valence-corrected chi connectivity index (χ4v) is 5.68. The largest absolute Gasteiger partial charge is 0.464 e. The zero-order chi connectivity index (χ0) is 26.2. The summed E-state index contributed by atoms with van der Waals surface area (Å²) in [5.41, 5.74) is 1.97. The van der Waals surface area contributed by atoms with Crippen LogP contribution in [0.1, 0.15) is 66.3 Å². The summed E-state index contributed by atoms with van der Waals surface area (Å²) < 4.78 is 47.8. The fraction of sp³-hybridized carbons (Fsp3) is 0.481. The number of carbonyl (C=O) groups excluding carboxylic acids is 1. The molecule has 3 atom stereocenters. The lowest BCUT2D eigenvalue weighted by molar-refractivity contribution is -0.0494. The number of alkyl halides is 2. The van der Waals surface area contributed by atoms with Gasteiger partial charge in [-0.25, -0.2) is 14.8 Å². The summed E-state index contributed by atoms with van der Waals surface area (Å²) in [5, 5.41) is 4.26. The third-order valence-corrected chi connectivity index (χ3v) is 7.55. The topological polar surface area (TPSA) is 99.8 Å². The molecule has 2 aliphatic heterocycles. The van der Waals surface area contributed by atoms with Gasteiger partial charge in [0, 0.05) is 35.3 Å². The Morgan fingerprint density at radius 2 is 1.89 bits per heavy atom. The van der Waals surface area contributed by atoms with E-state index in [-0.39, 0.29) is 42.2 Å². The van der Waals surface area contributed by atoms with Gasteiger partial charge in [-0.15, -0.1) is 0 Å². The number of fused-ring (bicyclic) bond motifs is 2. The summed E-state index contributed by atoms with van der Waals surface area (Å²) in [4.78, 5) is 23.0. The number of hydrogen-bond acceptors (Lipinski definition) is 9. The number of piperidine rings is 1. The lowest BCUT2D eigenvalue weighted by Crippen LogP contribution is -2.46. The Labute approximate surface area is 218 Å². The van der Waals surface area contributed by atoms with E-state index in [0.29, 0.717) is 17.2 Å². The van der Waals surface area contributed by atoms with E-state index >= 15 is 0 Å². The minimum Gasteiger partial charge on any atom is -0.464 e. The van der Waals surface area contributed by atoms with Crippen LogP contribution in [0.4, 0.5) is 14.7 Å². The summed E-state index contributed by atoms with van der Waals surface area (Å²) in [6.45, 7) is -2.67. The van der Waals surface area contributed by atoms with E-state index in [0.717, 1.165) is 49.8 Å². The normalized spacial score (nSPS) is 22.6. The van der Waals surface area contributed by atoms with Gasteiger partial charge < -0.3 is 23.6 Å². The highest BCUT2D eigenvalue weighted by Gasteiger charge is 2.43. The zero-order valence-corrected chi connectivity index (χ0v) is 20.9. The second kappa shape index (κ2) is 10.3. The van der Waals surface area contributed by atoms with Gasteiger partial charge in [-0.05, 0) is 56.7 Å². The quantitative estimate of drug-likeness (QED) is 0.352. The number of methoxy groups -OCH3 is 1. The Kier molecular flexibility index (Phi) is 6.69. The molecule has 200 valence electrons. The molecule has 3 fully saturated rings. The highest BCUT2D eigenvalue weighted by atomic mass is 19.3. The molecule has 0 spiro atoms. The number of carbonyl (C=O) groups is 1. The number of rotatable bonds is 9. The van der Waals surface area contributed by atoms with Crippen LogP contribution >= 0.6 is 0 Å². The molecule has 4 heterocycles. The summed E-state index contributed by atoms with van der Waals surface area (Å²) in [6.07, 6.45) is 7.13. The number of esters is 1. The van der Waals surface area contributed by atoms with E-state index in [1.165, 1.54) is 13.2 Å². The molecule has 2 bridgehead atoms. The van der Waals surface area contributed by atoms with Crippen molar-refractivity contribution in [2.24, 2.45) is 0 Å². The first-order valence-electron chi connectivity index (χ1n) is 12.9. The monoisotopic (exact) mass is 526 g/mol. The van der Waals surface area contributed by atoms with Gasteiger partial charge in [-0.2, -0.15) is 8.78 Å². The van der Waals surface area contributed by atoms with E-state index in [4.69, 9.17) is 18.7 Å². The van der Waals surface area contributed by atoms with Crippen LogP contribution in [0.5, 0.6) is 5.75 Å². The van der Waals surface area contributed by atoms with Crippen LogP contribution < -0.4 is 9.64 Å². The van der Waals surface area contributed by atoms with E-state index in [2.05, 4.69) is 20.0 Å². The molecule has 0 radical (unpaired) electrons. The van der Waals surface area contributed by atoms with Crippen LogP contribution in [0.25, 0.3) is 11.3 Å². The molecular formula is C27H28F2N4O5. The third-order valence-electron chi connectivity index (χ3n) is 7.55. The van der Waals surface area contributed by atoms with Gasteiger partial charge in [0.2, 0.25) is 5.95 Å². The first-order chi connectivity index (χ1) is 18.5. The van der Waals surface area contributed by atoms with Crippen molar-refractivity contribution in [1.29, 1.82) is 0 Å². The predicted octanol–water partition coefficient (Wildman–Crippen LogP) is 5.11. The van der Waals surface area contributed by atoms with Crippen molar-refractivity contribution in [1.82, 2.24) is 15.1 Å². The summed E-state index contributed by atoms with van der Waals surface area (Å²) in [5.74, 6) is 1.14. The maximum atomic E-state index is 13.0. The van der Waals surface area contributed by atoms with Crippen LogP contribution in [0.3, 0.4) is 0 Å². The zero-order valence-electron chi connectivity index (χ0n) is 20.9. The number of halogens is 2. The van der Waals surface area contributed by atoms with Crippen molar-refractivity contribution in [3.63, 3.8) is 0 Å². The van der Waals surface area contributed by atoms with Crippen molar-refractivity contribution in [2.75, 3.05) is 12.0 Å². The molecule has 11 heteroatoms. The SMILES string of the molecule is COC(=O)c1ccnc(N2[C@@H]3CC[C@H]2C[C@@H](OCc2c(-c4ccccc4OC(F)F)noc2C2CC2)C3)n1. The highest BCUT2D eigenvalue weighted by molar-refractivity contribution is 5.87. The van der Waals surface area contributed by atoms with Crippen molar-refractivity contribution < 1.29 is 32.3 Å². The molecule has 2 saturated heterocycles. The minimum atomic E-state index is -2.94. The standard InChI is InChI=1S/C27H28F2N4O5/c1-35-25(34)21-10-11-30-27(31-21)33-16-8-9-17(33)13-18(12-16)36-14-20-23(32-38-24(20)15-6-7-15)19-4-2-3-5-22(19)37-26(28)29/h2-5,10-11,15-18,26H,6-9,12-14H2,1H3/t16-,17+,18+. The van der Waals surface area contributed by atoms with Gasteiger partial charge in [0.05, 0.1) is 19.8 Å². The lowest BCUT2D eigenvalue weighted by atomic mass is 9.99. The lowest BCUT2D eigenvalue weighted by Gasteiger charge is -2.38. The summed E-state index contributed by atoms with van der Waals surface area (Å²) in [6, 6.07) is 8.54. The molecule has 1 aliphatic carbocycles. The number of ether oxygens (including phenoxy) is 3. The Balaban J connectivity index is 1.19. The molecule has 3 aromatic rings. The van der Waals surface area contributed by atoms with Crippen LogP contribution in [-0.2, 0) is 16.1 Å². The fourth-order valence-electron chi connectivity index (χ4n) is 5.68. The molecule has 3 aliphatic rings. The van der Waals surface area contributed by atoms with E-state index in [9.17, 15) is 13.6 Å². The maximum Gasteiger partial charge on any atom is 0.387 e. The number of benzene rings is 1. The molecule has 2 aromatic heterocycles. The molecule has 1 saturated carbocycles. The molecular weight excluding hydrogens is 498 g/mol. The van der Waals surface area contributed by atoms with Crippen molar-refractivity contribution >= 4 is 11.9 Å². The smallest absolute Gasteiger partial charge is 0.387 e. The van der Waals surface area contributed by atoms with Crippen LogP contribution in [0, 0.1) is 0 Å². The Hall–Kier alpha value is -3.60. The van der Waals surface area contributed by atoms with Gasteiger partial charge in [0.25, 0.3) is 0 Å². The van der Waals surface area contributed by atoms with Gasteiger partial charge in [-0.3, -0.25) is 0 Å². The predicted molar refractivity (Wildman–Crippen MR) is 131 cm³/mol. The van der Waals surface area contributed by atoms with Gasteiger partial charge in [-0.1, -0.05) is 17.3 Å². The first kappa shape index (κ1) is 24.7. The van der Waals surface area contributed by atoms with Crippen LogP contribution in [0.2, 0.25) is 0 Å². The Bertz CT molecular complexity index is 1300. The second-order valence-electron chi connectivity index (χ2n) is 9.95. The molecule has 0 amide bonds. The van der Waals surface area contributed by atoms with Gasteiger partial charge in [0.15, 0.2) is 5.69 Å². The van der Waals surface area contributed by atoms with Gasteiger partial charge >= 0.3 is 12.6 Å².